The standard InChI is InChI=1S/C16H16O4/c1-10-8-11(19-2)4-6-13(10)16(18)14-7-5-12(20-3)9-15(14)17/h4-9,17H,1-3H3. The van der Waals surface area contributed by atoms with Gasteiger partial charge >= 0.3 is 0 Å². The molecule has 0 aliphatic carbocycles. The molecule has 2 aromatic carbocycles. The number of rotatable bonds is 4. The third kappa shape index (κ3) is 2.59. The van der Waals surface area contributed by atoms with Gasteiger partial charge in [0.1, 0.15) is 17.2 Å². The number of aromatic hydroxyl groups is 1. The molecule has 2 rings (SSSR count). The van der Waals surface area contributed by atoms with E-state index in [0.717, 1.165) is 5.56 Å². The van der Waals surface area contributed by atoms with Crippen molar-refractivity contribution in [3.05, 3.63) is 53.1 Å². The Bertz CT molecular complexity index is 591. The Hall–Kier alpha value is -2.49. The number of ether oxygens (including phenoxy) is 2. The van der Waals surface area contributed by atoms with Crippen LogP contribution in [0.25, 0.3) is 0 Å². The van der Waals surface area contributed by atoms with Crippen molar-refractivity contribution < 1.29 is 19.4 Å². The number of aryl methyl sites for hydroxylation is 1. The summed E-state index contributed by atoms with van der Waals surface area (Å²) in [5.74, 6) is 0.873. The molecule has 0 amide bonds. The number of hydrogen-bond acceptors (Lipinski definition) is 4. The molecular formula is C16H16O4. The van der Waals surface area contributed by atoms with Crippen LogP contribution in [0.1, 0.15) is 21.5 Å². The van der Waals surface area contributed by atoms with Gasteiger partial charge in [-0.3, -0.25) is 4.79 Å². The molecule has 0 bridgehead atoms. The zero-order chi connectivity index (χ0) is 14.7. The minimum atomic E-state index is -0.231. The molecular weight excluding hydrogens is 256 g/mol. The molecule has 0 aromatic heterocycles. The van der Waals surface area contributed by atoms with Crippen LogP contribution < -0.4 is 9.47 Å². The van der Waals surface area contributed by atoms with E-state index < -0.39 is 0 Å². The van der Waals surface area contributed by atoms with Gasteiger partial charge in [-0.05, 0) is 42.8 Å². The van der Waals surface area contributed by atoms with E-state index in [2.05, 4.69) is 0 Å². The summed E-state index contributed by atoms with van der Waals surface area (Å²) in [6.45, 7) is 1.83. The summed E-state index contributed by atoms with van der Waals surface area (Å²) in [6.07, 6.45) is 0. The Morgan fingerprint density at radius 1 is 0.950 bits per heavy atom. The van der Waals surface area contributed by atoms with Crippen molar-refractivity contribution in [1.29, 1.82) is 0 Å². The predicted octanol–water partition coefficient (Wildman–Crippen LogP) is 2.95. The van der Waals surface area contributed by atoms with Crippen LogP contribution in [-0.4, -0.2) is 25.1 Å². The summed E-state index contributed by atoms with van der Waals surface area (Å²) in [4.78, 5) is 12.4. The Balaban J connectivity index is 2.41. The molecule has 0 atom stereocenters. The van der Waals surface area contributed by atoms with Crippen molar-refractivity contribution in [3.63, 3.8) is 0 Å². The highest BCUT2D eigenvalue weighted by molar-refractivity contribution is 6.11. The summed E-state index contributed by atoms with van der Waals surface area (Å²) in [6, 6.07) is 9.83. The van der Waals surface area contributed by atoms with Crippen molar-refractivity contribution in [2.75, 3.05) is 14.2 Å². The van der Waals surface area contributed by atoms with Crippen LogP contribution in [0.3, 0.4) is 0 Å². The third-order valence-electron chi connectivity index (χ3n) is 3.13. The molecule has 104 valence electrons. The van der Waals surface area contributed by atoms with Crippen molar-refractivity contribution in [1.82, 2.24) is 0 Å². The molecule has 0 saturated carbocycles. The van der Waals surface area contributed by atoms with Crippen LogP contribution in [0.15, 0.2) is 36.4 Å². The molecule has 1 N–H and O–H groups in total. The third-order valence-corrected chi connectivity index (χ3v) is 3.13. The molecule has 0 heterocycles. The van der Waals surface area contributed by atoms with Gasteiger partial charge in [0, 0.05) is 11.6 Å². The lowest BCUT2D eigenvalue weighted by Gasteiger charge is -2.09. The first-order valence-corrected chi connectivity index (χ1v) is 6.13. The van der Waals surface area contributed by atoms with Crippen LogP contribution in [0.5, 0.6) is 17.2 Å². The fraction of sp³-hybridized carbons (Fsp3) is 0.188. The predicted molar refractivity (Wildman–Crippen MR) is 75.8 cm³/mol. The van der Waals surface area contributed by atoms with Crippen LogP contribution in [0, 0.1) is 6.92 Å². The van der Waals surface area contributed by atoms with E-state index in [4.69, 9.17) is 9.47 Å². The van der Waals surface area contributed by atoms with Crippen LogP contribution in [0.4, 0.5) is 0 Å². The Kier molecular flexibility index (Phi) is 3.94. The normalized spacial score (nSPS) is 10.2. The van der Waals surface area contributed by atoms with E-state index in [0.29, 0.717) is 17.1 Å². The summed E-state index contributed by atoms with van der Waals surface area (Å²) in [5.41, 5.74) is 1.58. The summed E-state index contributed by atoms with van der Waals surface area (Å²) in [5, 5.41) is 9.92. The fourth-order valence-electron chi connectivity index (χ4n) is 1.99. The highest BCUT2D eigenvalue weighted by atomic mass is 16.5. The summed E-state index contributed by atoms with van der Waals surface area (Å²) in [7, 11) is 3.08. The smallest absolute Gasteiger partial charge is 0.197 e. The molecule has 0 unspecified atom stereocenters. The first kappa shape index (κ1) is 13.9. The first-order valence-electron chi connectivity index (χ1n) is 6.13. The minimum Gasteiger partial charge on any atom is -0.507 e. The van der Waals surface area contributed by atoms with E-state index in [9.17, 15) is 9.90 Å². The largest absolute Gasteiger partial charge is 0.507 e. The Labute approximate surface area is 117 Å². The second-order valence-electron chi connectivity index (χ2n) is 4.39. The molecule has 0 fully saturated rings. The number of phenols is 1. The highest BCUT2D eigenvalue weighted by Gasteiger charge is 2.16. The maximum Gasteiger partial charge on any atom is 0.197 e. The number of hydrogen-bond donors (Lipinski definition) is 1. The molecule has 0 aliphatic rings. The van der Waals surface area contributed by atoms with Crippen molar-refractivity contribution in [2.45, 2.75) is 6.92 Å². The Morgan fingerprint density at radius 3 is 2.00 bits per heavy atom. The number of ketones is 1. The minimum absolute atomic E-state index is 0.0930. The van der Waals surface area contributed by atoms with Crippen LogP contribution in [0.2, 0.25) is 0 Å². The summed E-state index contributed by atoms with van der Waals surface area (Å²) >= 11 is 0. The van der Waals surface area contributed by atoms with Gasteiger partial charge in [-0.15, -0.1) is 0 Å². The van der Waals surface area contributed by atoms with Gasteiger partial charge in [0.2, 0.25) is 0 Å². The zero-order valence-corrected chi connectivity index (χ0v) is 11.6. The summed E-state index contributed by atoms with van der Waals surface area (Å²) < 4.78 is 10.1. The SMILES string of the molecule is COc1ccc(C(=O)c2ccc(OC)cc2O)c(C)c1. The molecule has 4 nitrogen and oxygen atoms in total. The number of methoxy groups -OCH3 is 2. The van der Waals surface area contributed by atoms with Crippen molar-refractivity contribution in [2.24, 2.45) is 0 Å². The quantitative estimate of drug-likeness (QED) is 0.869. The zero-order valence-electron chi connectivity index (χ0n) is 11.6. The van der Waals surface area contributed by atoms with Crippen molar-refractivity contribution >= 4 is 5.78 Å². The van der Waals surface area contributed by atoms with E-state index >= 15 is 0 Å². The Morgan fingerprint density at radius 2 is 1.50 bits per heavy atom. The second-order valence-corrected chi connectivity index (χ2v) is 4.39. The molecule has 20 heavy (non-hydrogen) atoms. The van der Waals surface area contributed by atoms with Gasteiger partial charge < -0.3 is 14.6 Å². The average Bonchev–Trinajstić information content (AvgIpc) is 2.46. The highest BCUT2D eigenvalue weighted by Crippen LogP contribution is 2.27. The lowest BCUT2D eigenvalue weighted by atomic mass is 9.98. The lowest BCUT2D eigenvalue weighted by molar-refractivity contribution is 0.103. The van der Waals surface area contributed by atoms with E-state index in [1.807, 2.05) is 6.92 Å². The maximum atomic E-state index is 12.4. The van der Waals surface area contributed by atoms with Gasteiger partial charge in [0.25, 0.3) is 0 Å². The van der Waals surface area contributed by atoms with Gasteiger partial charge in [0.15, 0.2) is 5.78 Å². The molecule has 0 aliphatic heterocycles. The van der Waals surface area contributed by atoms with Gasteiger partial charge in [-0.1, -0.05) is 0 Å². The van der Waals surface area contributed by atoms with E-state index in [1.54, 1.807) is 37.4 Å². The van der Waals surface area contributed by atoms with Gasteiger partial charge in [-0.2, -0.15) is 0 Å². The lowest BCUT2D eigenvalue weighted by Crippen LogP contribution is -2.04. The molecule has 2 aromatic rings. The monoisotopic (exact) mass is 272 g/mol. The van der Waals surface area contributed by atoms with E-state index in [-0.39, 0.29) is 17.1 Å². The van der Waals surface area contributed by atoms with Crippen LogP contribution >= 0.6 is 0 Å². The average molecular weight is 272 g/mol. The topological polar surface area (TPSA) is 55.8 Å². The molecule has 0 saturated heterocycles. The number of benzene rings is 2. The molecule has 0 radical (unpaired) electrons. The van der Waals surface area contributed by atoms with Crippen molar-refractivity contribution in [3.8, 4) is 17.2 Å². The van der Waals surface area contributed by atoms with Gasteiger partial charge in [0.05, 0.1) is 19.8 Å². The number of carbonyl (C=O) groups excluding carboxylic acids is 1. The number of phenolic OH excluding ortho intramolecular Hbond substituents is 1. The molecule has 4 heteroatoms. The second kappa shape index (κ2) is 5.65. The fourth-order valence-corrected chi connectivity index (χ4v) is 1.99. The van der Waals surface area contributed by atoms with Gasteiger partial charge in [-0.25, -0.2) is 0 Å². The number of carbonyl (C=O) groups is 1. The first-order chi connectivity index (χ1) is 9.56. The maximum absolute atomic E-state index is 12.4. The van der Waals surface area contributed by atoms with E-state index in [1.165, 1.54) is 13.2 Å². The van der Waals surface area contributed by atoms with Crippen LogP contribution in [-0.2, 0) is 0 Å². The molecule has 0 spiro atoms.